The summed E-state index contributed by atoms with van der Waals surface area (Å²) in [6.07, 6.45) is 1.42. The highest BCUT2D eigenvalue weighted by molar-refractivity contribution is 6.39. The first-order valence-corrected chi connectivity index (χ1v) is 7.75. The maximum absolute atomic E-state index is 11.9. The second-order valence-corrected chi connectivity index (χ2v) is 6.46. The molecular formula is C17H23N3O3. The summed E-state index contributed by atoms with van der Waals surface area (Å²) in [5.74, 6) is 0.453. The van der Waals surface area contributed by atoms with Crippen molar-refractivity contribution in [3.63, 3.8) is 0 Å². The minimum absolute atomic E-state index is 0.154. The van der Waals surface area contributed by atoms with E-state index in [4.69, 9.17) is 4.74 Å². The number of hydrogen-bond acceptors (Lipinski definition) is 4. The average molecular weight is 317 g/mol. The molecule has 6 nitrogen and oxygen atoms in total. The Hall–Kier alpha value is -2.37. The van der Waals surface area contributed by atoms with Crippen LogP contribution in [0.15, 0.2) is 29.4 Å². The van der Waals surface area contributed by atoms with Gasteiger partial charge in [0.1, 0.15) is 17.1 Å². The summed E-state index contributed by atoms with van der Waals surface area (Å²) in [6.45, 7) is 6.54. The third kappa shape index (κ3) is 5.73. The summed E-state index contributed by atoms with van der Waals surface area (Å²) in [5, 5.41) is 6.59. The van der Waals surface area contributed by atoms with Gasteiger partial charge in [0.25, 0.3) is 5.91 Å². The van der Waals surface area contributed by atoms with Crippen LogP contribution in [0.2, 0.25) is 0 Å². The smallest absolute Gasteiger partial charge is 0.267 e. The summed E-state index contributed by atoms with van der Waals surface area (Å²) >= 11 is 0. The first-order chi connectivity index (χ1) is 10.8. The summed E-state index contributed by atoms with van der Waals surface area (Å²) < 4.78 is 5.77. The number of hydrazone groups is 1. The molecule has 0 aromatic heterocycles. The molecule has 1 aromatic rings. The zero-order chi connectivity index (χ0) is 16.9. The lowest BCUT2D eigenvalue weighted by atomic mass is 10.1. The molecule has 2 amide bonds. The number of benzene rings is 1. The van der Waals surface area contributed by atoms with E-state index in [2.05, 4.69) is 15.8 Å². The fourth-order valence-corrected chi connectivity index (χ4v) is 2.14. The van der Waals surface area contributed by atoms with Crippen LogP contribution in [-0.2, 0) is 16.0 Å². The number of hydrogen-bond donors (Lipinski definition) is 2. The van der Waals surface area contributed by atoms with E-state index in [-0.39, 0.29) is 17.4 Å². The Kier molecular flexibility index (Phi) is 5.36. The third-order valence-electron chi connectivity index (χ3n) is 3.21. The van der Waals surface area contributed by atoms with Crippen LogP contribution in [0.1, 0.15) is 39.2 Å². The molecule has 1 heterocycles. The predicted octanol–water partition coefficient (Wildman–Crippen LogP) is 1.79. The molecule has 2 N–H and O–H groups in total. The average Bonchev–Trinajstić information content (AvgIpc) is 2.48. The van der Waals surface area contributed by atoms with Crippen LogP contribution in [0.3, 0.4) is 0 Å². The number of carbonyl (C=O) groups excluding carboxylic acids is 2. The number of amides is 2. The first kappa shape index (κ1) is 17.0. The van der Waals surface area contributed by atoms with Gasteiger partial charge in [-0.25, -0.2) is 5.43 Å². The highest BCUT2D eigenvalue weighted by Crippen LogP contribution is 2.18. The zero-order valence-corrected chi connectivity index (χ0v) is 13.8. The SMILES string of the molecule is CC(C)(C)Oc1ccc(CCNC(=O)C2=NNC(=O)CC2)cc1. The zero-order valence-electron chi connectivity index (χ0n) is 13.8. The predicted molar refractivity (Wildman–Crippen MR) is 88.3 cm³/mol. The lowest BCUT2D eigenvalue weighted by Crippen LogP contribution is -2.37. The maximum atomic E-state index is 11.9. The summed E-state index contributed by atoms with van der Waals surface area (Å²) in [4.78, 5) is 22.9. The molecule has 6 heteroatoms. The Morgan fingerprint density at radius 2 is 1.96 bits per heavy atom. The van der Waals surface area contributed by atoms with Crippen molar-refractivity contribution in [2.75, 3.05) is 6.54 Å². The lowest BCUT2D eigenvalue weighted by molar-refractivity contribution is -0.121. The highest BCUT2D eigenvalue weighted by atomic mass is 16.5. The molecule has 124 valence electrons. The van der Waals surface area contributed by atoms with Crippen LogP contribution in [-0.4, -0.2) is 29.7 Å². The van der Waals surface area contributed by atoms with Gasteiger partial charge in [0.05, 0.1) is 0 Å². The van der Waals surface area contributed by atoms with Crippen molar-refractivity contribution in [1.29, 1.82) is 0 Å². The Morgan fingerprint density at radius 1 is 1.26 bits per heavy atom. The summed E-state index contributed by atoms with van der Waals surface area (Å²) in [7, 11) is 0. The van der Waals surface area contributed by atoms with Crippen LogP contribution < -0.4 is 15.5 Å². The van der Waals surface area contributed by atoms with Crippen LogP contribution in [0.4, 0.5) is 0 Å². The molecular weight excluding hydrogens is 294 g/mol. The van der Waals surface area contributed by atoms with Gasteiger partial charge in [0.2, 0.25) is 5.91 Å². The van der Waals surface area contributed by atoms with E-state index in [1.54, 1.807) is 0 Å². The van der Waals surface area contributed by atoms with Gasteiger partial charge in [0.15, 0.2) is 0 Å². The summed E-state index contributed by atoms with van der Waals surface area (Å²) in [6, 6.07) is 7.85. The monoisotopic (exact) mass is 317 g/mol. The largest absolute Gasteiger partial charge is 0.488 e. The Balaban J connectivity index is 1.78. The Bertz CT molecular complexity index is 601. The second-order valence-electron chi connectivity index (χ2n) is 6.46. The first-order valence-electron chi connectivity index (χ1n) is 7.75. The number of carbonyl (C=O) groups is 2. The van der Waals surface area contributed by atoms with Gasteiger partial charge < -0.3 is 10.1 Å². The normalized spacial score (nSPS) is 14.7. The van der Waals surface area contributed by atoms with Gasteiger partial charge in [-0.05, 0) is 44.9 Å². The van der Waals surface area contributed by atoms with Gasteiger partial charge in [0, 0.05) is 19.4 Å². The topological polar surface area (TPSA) is 79.8 Å². The molecule has 2 rings (SSSR count). The molecule has 23 heavy (non-hydrogen) atoms. The molecule has 0 bridgehead atoms. The second kappa shape index (κ2) is 7.26. The van der Waals surface area contributed by atoms with Crippen molar-refractivity contribution >= 4 is 17.5 Å². The molecule has 0 atom stereocenters. The van der Waals surface area contributed by atoms with Crippen molar-refractivity contribution < 1.29 is 14.3 Å². The molecule has 0 saturated carbocycles. The van der Waals surface area contributed by atoms with Crippen LogP contribution in [0.25, 0.3) is 0 Å². The number of nitrogens with one attached hydrogen (secondary N) is 2. The summed E-state index contributed by atoms with van der Waals surface area (Å²) in [5.41, 5.74) is 3.59. The van der Waals surface area contributed by atoms with E-state index in [0.29, 0.717) is 25.1 Å². The van der Waals surface area contributed by atoms with Crippen molar-refractivity contribution in [1.82, 2.24) is 10.7 Å². The van der Waals surface area contributed by atoms with E-state index >= 15 is 0 Å². The van der Waals surface area contributed by atoms with Crippen molar-refractivity contribution in [2.24, 2.45) is 5.10 Å². The van der Waals surface area contributed by atoms with Crippen molar-refractivity contribution in [3.05, 3.63) is 29.8 Å². The quantitative estimate of drug-likeness (QED) is 0.869. The standard InChI is InChI=1S/C17H23N3O3/c1-17(2,3)23-13-6-4-12(5-7-13)10-11-18-16(22)14-8-9-15(21)20-19-14/h4-7H,8-11H2,1-3H3,(H,18,22)(H,20,21). The van der Waals surface area contributed by atoms with Gasteiger partial charge in [-0.2, -0.15) is 5.10 Å². The van der Waals surface area contributed by atoms with E-state index < -0.39 is 0 Å². The number of ether oxygens (including phenoxy) is 1. The number of rotatable bonds is 5. The lowest BCUT2D eigenvalue weighted by Gasteiger charge is -2.21. The van der Waals surface area contributed by atoms with Gasteiger partial charge >= 0.3 is 0 Å². The minimum Gasteiger partial charge on any atom is -0.488 e. The molecule has 0 radical (unpaired) electrons. The molecule has 0 saturated heterocycles. The minimum atomic E-state index is -0.224. The van der Waals surface area contributed by atoms with E-state index in [9.17, 15) is 9.59 Å². The molecule has 1 aliphatic rings. The Morgan fingerprint density at radius 3 is 2.52 bits per heavy atom. The van der Waals surface area contributed by atoms with E-state index in [0.717, 1.165) is 17.7 Å². The molecule has 1 aliphatic heterocycles. The van der Waals surface area contributed by atoms with Gasteiger partial charge in [-0.3, -0.25) is 9.59 Å². The third-order valence-corrected chi connectivity index (χ3v) is 3.21. The fraction of sp³-hybridized carbons (Fsp3) is 0.471. The van der Waals surface area contributed by atoms with Gasteiger partial charge in [-0.15, -0.1) is 0 Å². The molecule has 1 aromatic carbocycles. The van der Waals surface area contributed by atoms with E-state index in [1.165, 1.54) is 0 Å². The molecule has 0 aliphatic carbocycles. The van der Waals surface area contributed by atoms with Crippen LogP contribution in [0.5, 0.6) is 5.75 Å². The Labute approximate surface area is 136 Å². The molecule has 0 unspecified atom stereocenters. The molecule has 0 fully saturated rings. The number of nitrogens with zero attached hydrogens (tertiary/aromatic N) is 1. The van der Waals surface area contributed by atoms with Crippen LogP contribution in [0, 0.1) is 0 Å². The van der Waals surface area contributed by atoms with Crippen molar-refractivity contribution in [2.45, 2.75) is 45.6 Å². The van der Waals surface area contributed by atoms with Gasteiger partial charge in [-0.1, -0.05) is 12.1 Å². The highest BCUT2D eigenvalue weighted by Gasteiger charge is 2.17. The molecule has 0 spiro atoms. The van der Waals surface area contributed by atoms with Crippen molar-refractivity contribution in [3.8, 4) is 5.75 Å². The van der Waals surface area contributed by atoms with E-state index in [1.807, 2.05) is 45.0 Å². The van der Waals surface area contributed by atoms with Crippen LogP contribution >= 0.6 is 0 Å². The fourth-order valence-electron chi connectivity index (χ4n) is 2.14. The maximum Gasteiger partial charge on any atom is 0.267 e.